The Morgan fingerprint density at radius 2 is 2.12 bits per heavy atom. The van der Waals surface area contributed by atoms with Crippen molar-refractivity contribution in [3.63, 3.8) is 0 Å². The Kier molecular flexibility index (Phi) is 4.17. The standard InChI is InChI=1S/C16H19FN2O4S/c1-21-9-15-13-8-22-14-7-11(18-2-4-24-5-3-18)10(17)6-12(14)19(13)16(20)23-15/h6-7,13,15H,2-5,8-9H2,1H3/t13-,15-/m0/s1. The highest BCUT2D eigenvalue weighted by atomic mass is 32.2. The summed E-state index contributed by atoms with van der Waals surface area (Å²) < 4.78 is 30.9. The number of thioether (sulfide) groups is 1. The van der Waals surface area contributed by atoms with E-state index in [0.29, 0.717) is 23.7 Å². The van der Waals surface area contributed by atoms with Crippen LogP contribution < -0.4 is 14.5 Å². The largest absolute Gasteiger partial charge is 0.489 e. The Balaban J connectivity index is 1.66. The smallest absolute Gasteiger partial charge is 0.415 e. The van der Waals surface area contributed by atoms with Crippen LogP contribution in [0.2, 0.25) is 0 Å². The normalized spacial score (nSPS) is 25.8. The van der Waals surface area contributed by atoms with Crippen molar-refractivity contribution in [2.75, 3.05) is 54.7 Å². The maximum absolute atomic E-state index is 14.7. The highest BCUT2D eigenvalue weighted by Gasteiger charge is 2.47. The fraction of sp³-hybridized carbons (Fsp3) is 0.562. The number of methoxy groups -OCH3 is 1. The molecule has 0 saturated carbocycles. The second-order valence-electron chi connectivity index (χ2n) is 6.00. The summed E-state index contributed by atoms with van der Waals surface area (Å²) in [5.41, 5.74) is 0.969. The summed E-state index contributed by atoms with van der Waals surface area (Å²) in [6.07, 6.45) is -0.884. The molecule has 2 saturated heterocycles. The molecule has 2 fully saturated rings. The summed E-state index contributed by atoms with van der Waals surface area (Å²) in [6.45, 7) is 2.22. The number of anilines is 2. The molecule has 1 aromatic rings. The summed E-state index contributed by atoms with van der Waals surface area (Å²) in [7, 11) is 1.55. The molecule has 24 heavy (non-hydrogen) atoms. The molecule has 8 heteroatoms. The molecule has 3 heterocycles. The average molecular weight is 354 g/mol. The van der Waals surface area contributed by atoms with Crippen LogP contribution in [0.1, 0.15) is 0 Å². The second kappa shape index (κ2) is 6.33. The number of ether oxygens (including phenoxy) is 3. The first-order chi connectivity index (χ1) is 11.7. The summed E-state index contributed by atoms with van der Waals surface area (Å²) in [5, 5.41) is 0. The molecule has 4 rings (SSSR count). The van der Waals surface area contributed by atoms with E-state index in [4.69, 9.17) is 14.2 Å². The number of halogens is 1. The van der Waals surface area contributed by atoms with E-state index in [1.807, 2.05) is 16.7 Å². The van der Waals surface area contributed by atoms with Gasteiger partial charge in [0.05, 0.1) is 18.0 Å². The molecule has 6 nitrogen and oxygen atoms in total. The number of benzene rings is 1. The third kappa shape index (κ3) is 2.57. The highest BCUT2D eigenvalue weighted by molar-refractivity contribution is 7.99. The molecule has 0 radical (unpaired) electrons. The molecule has 1 aromatic carbocycles. The van der Waals surface area contributed by atoms with Crippen molar-refractivity contribution in [1.82, 2.24) is 0 Å². The van der Waals surface area contributed by atoms with E-state index in [1.165, 1.54) is 11.0 Å². The predicted octanol–water partition coefficient (Wildman–Crippen LogP) is 2.11. The maximum Gasteiger partial charge on any atom is 0.415 e. The molecule has 0 bridgehead atoms. The van der Waals surface area contributed by atoms with Crippen LogP contribution in [0.15, 0.2) is 12.1 Å². The van der Waals surface area contributed by atoms with Gasteiger partial charge in [-0.1, -0.05) is 0 Å². The molecule has 0 N–H and O–H groups in total. The topological polar surface area (TPSA) is 51.2 Å². The zero-order valence-electron chi connectivity index (χ0n) is 13.4. The lowest BCUT2D eigenvalue weighted by molar-refractivity contribution is 0.0513. The van der Waals surface area contributed by atoms with Crippen LogP contribution in [-0.4, -0.2) is 63.2 Å². The first-order valence-corrected chi connectivity index (χ1v) is 9.12. The van der Waals surface area contributed by atoms with E-state index in [1.54, 1.807) is 13.2 Å². The van der Waals surface area contributed by atoms with E-state index in [2.05, 4.69) is 0 Å². The fourth-order valence-electron chi connectivity index (χ4n) is 3.39. The molecule has 130 valence electrons. The van der Waals surface area contributed by atoms with Gasteiger partial charge in [0.1, 0.15) is 24.2 Å². The monoisotopic (exact) mass is 354 g/mol. The molecule has 0 aromatic heterocycles. The molecule has 2 atom stereocenters. The SMILES string of the molecule is COC[C@@H]1OC(=O)N2c3cc(F)c(N4CCSCC4)cc3OC[C@@H]12. The Morgan fingerprint density at radius 1 is 1.33 bits per heavy atom. The van der Waals surface area contributed by atoms with Gasteiger partial charge in [-0.15, -0.1) is 0 Å². The highest BCUT2D eigenvalue weighted by Crippen LogP contribution is 2.42. The van der Waals surface area contributed by atoms with Gasteiger partial charge in [0.2, 0.25) is 0 Å². The zero-order valence-corrected chi connectivity index (χ0v) is 14.2. The van der Waals surface area contributed by atoms with E-state index in [9.17, 15) is 9.18 Å². The minimum Gasteiger partial charge on any atom is -0.489 e. The van der Waals surface area contributed by atoms with Crippen molar-refractivity contribution in [1.29, 1.82) is 0 Å². The Morgan fingerprint density at radius 3 is 2.88 bits per heavy atom. The maximum atomic E-state index is 14.7. The molecular weight excluding hydrogens is 335 g/mol. The lowest BCUT2D eigenvalue weighted by atomic mass is 10.1. The number of carbonyl (C=O) groups is 1. The molecular formula is C16H19FN2O4S. The van der Waals surface area contributed by atoms with Crippen molar-refractivity contribution in [2.45, 2.75) is 12.1 Å². The average Bonchev–Trinajstić information content (AvgIpc) is 2.92. The van der Waals surface area contributed by atoms with Crippen molar-refractivity contribution in [3.05, 3.63) is 17.9 Å². The van der Waals surface area contributed by atoms with Crippen LogP contribution in [0.3, 0.4) is 0 Å². The Hall–Kier alpha value is -1.67. The van der Waals surface area contributed by atoms with Crippen LogP contribution in [0.25, 0.3) is 0 Å². The first kappa shape index (κ1) is 15.8. The molecule has 3 aliphatic rings. The lowest BCUT2D eigenvalue weighted by Gasteiger charge is -2.34. The van der Waals surface area contributed by atoms with Crippen LogP contribution >= 0.6 is 11.8 Å². The van der Waals surface area contributed by atoms with Crippen LogP contribution in [0, 0.1) is 5.82 Å². The number of amides is 1. The number of cyclic esters (lactones) is 1. The van der Waals surface area contributed by atoms with Gasteiger partial charge in [-0.25, -0.2) is 9.18 Å². The summed E-state index contributed by atoms with van der Waals surface area (Å²) in [5.74, 6) is 2.15. The fourth-order valence-corrected chi connectivity index (χ4v) is 4.30. The van der Waals surface area contributed by atoms with E-state index < -0.39 is 12.2 Å². The molecule has 0 unspecified atom stereocenters. The predicted molar refractivity (Wildman–Crippen MR) is 89.8 cm³/mol. The Bertz CT molecular complexity index is 653. The number of rotatable bonds is 3. The summed E-state index contributed by atoms with van der Waals surface area (Å²) in [4.78, 5) is 15.7. The molecule has 0 aliphatic carbocycles. The van der Waals surface area contributed by atoms with Gasteiger partial charge in [0.15, 0.2) is 6.10 Å². The number of nitrogens with zero attached hydrogens (tertiary/aromatic N) is 2. The molecule has 1 amide bonds. The van der Waals surface area contributed by atoms with Crippen molar-refractivity contribution < 1.29 is 23.4 Å². The van der Waals surface area contributed by atoms with Crippen LogP contribution in [0.5, 0.6) is 5.75 Å². The third-order valence-electron chi connectivity index (χ3n) is 4.59. The van der Waals surface area contributed by atoms with Gasteiger partial charge in [-0.2, -0.15) is 11.8 Å². The van der Waals surface area contributed by atoms with Gasteiger partial charge in [-0.3, -0.25) is 4.90 Å². The van der Waals surface area contributed by atoms with E-state index >= 15 is 0 Å². The van der Waals surface area contributed by atoms with Crippen LogP contribution in [0.4, 0.5) is 20.6 Å². The number of fused-ring (bicyclic) bond motifs is 3. The summed E-state index contributed by atoms with van der Waals surface area (Å²) in [6, 6.07) is 2.80. The second-order valence-corrected chi connectivity index (χ2v) is 7.22. The Labute approximate surface area is 143 Å². The van der Waals surface area contributed by atoms with Crippen LogP contribution in [-0.2, 0) is 9.47 Å². The lowest BCUT2D eigenvalue weighted by Crippen LogP contribution is -2.45. The van der Waals surface area contributed by atoms with Gasteiger partial charge >= 0.3 is 6.09 Å². The van der Waals surface area contributed by atoms with Gasteiger partial charge in [-0.05, 0) is 0 Å². The number of hydrogen-bond donors (Lipinski definition) is 0. The van der Waals surface area contributed by atoms with Gasteiger partial charge < -0.3 is 19.1 Å². The number of hydrogen-bond acceptors (Lipinski definition) is 6. The van der Waals surface area contributed by atoms with E-state index in [-0.39, 0.29) is 18.5 Å². The van der Waals surface area contributed by atoms with E-state index in [0.717, 1.165) is 24.6 Å². The molecule has 0 spiro atoms. The quantitative estimate of drug-likeness (QED) is 0.829. The molecule has 3 aliphatic heterocycles. The minimum atomic E-state index is -0.479. The number of carbonyl (C=O) groups excluding carboxylic acids is 1. The van der Waals surface area contributed by atoms with Gasteiger partial charge in [0, 0.05) is 43.8 Å². The van der Waals surface area contributed by atoms with Crippen molar-refractivity contribution in [3.8, 4) is 5.75 Å². The van der Waals surface area contributed by atoms with Crippen molar-refractivity contribution >= 4 is 29.2 Å². The minimum absolute atomic E-state index is 0.289. The third-order valence-corrected chi connectivity index (χ3v) is 5.53. The summed E-state index contributed by atoms with van der Waals surface area (Å²) >= 11 is 1.87. The van der Waals surface area contributed by atoms with Gasteiger partial charge in [0.25, 0.3) is 0 Å². The first-order valence-electron chi connectivity index (χ1n) is 7.97. The zero-order chi connectivity index (χ0) is 16.7. The van der Waals surface area contributed by atoms with Crippen molar-refractivity contribution in [2.24, 2.45) is 0 Å².